The van der Waals surface area contributed by atoms with Gasteiger partial charge in [0.1, 0.15) is 5.69 Å². The molecular weight excluding hydrogens is 520 g/mol. The van der Waals surface area contributed by atoms with Crippen LogP contribution in [0.3, 0.4) is 0 Å². The van der Waals surface area contributed by atoms with E-state index in [0.717, 1.165) is 15.6 Å². The van der Waals surface area contributed by atoms with Crippen LogP contribution in [-0.4, -0.2) is 22.4 Å². The molecule has 0 saturated heterocycles. The molecule has 0 spiro atoms. The van der Waals surface area contributed by atoms with Gasteiger partial charge in [-0.15, -0.1) is 0 Å². The van der Waals surface area contributed by atoms with Crippen LogP contribution in [0.4, 0.5) is 11.4 Å². The zero-order valence-corrected chi connectivity index (χ0v) is 20.6. The summed E-state index contributed by atoms with van der Waals surface area (Å²) in [5.41, 5.74) is 6.12. The Morgan fingerprint density at radius 2 is 1.53 bits per heavy atom. The standard InChI is InChI=1S/C25H20BrClN4O3/c1-14-3-7-18(8-4-14)28-24(33)25(34)30-31-21-10-6-17(26)11-16(21)12-22(31)23(32)29-19-9-5-15(2)20(27)13-19/h3-13H,1-2H3,(H,28,33)(H,29,32)(H,30,34). The lowest BCUT2D eigenvalue weighted by Crippen LogP contribution is -2.36. The van der Waals surface area contributed by atoms with Crippen molar-refractivity contribution >= 4 is 67.5 Å². The SMILES string of the molecule is Cc1ccc(NC(=O)C(=O)Nn2c(C(=O)Nc3ccc(C)c(Cl)c3)cc3cc(Br)ccc32)cc1. The largest absolute Gasteiger partial charge is 0.328 e. The van der Waals surface area contributed by atoms with E-state index in [1.807, 2.05) is 32.0 Å². The molecule has 0 bridgehead atoms. The molecule has 34 heavy (non-hydrogen) atoms. The molecule has 172 valence electrons. The number of aromatic nitrogens is 1. The van der Waals surface area contributed by atoms with Gasteiger partial charge in [0, 0.05) is 26.3 Å². The summed E-state index contributed by atoms with van der Waals surface area (Å²) < 4.78 is 2.10. The third kappa shape index (κ3) is 5.13. The smallest absolute Gasteiger partial charge is 0.321 e. The van der Waals surface area contributed by atoms with E-state index in [2.05, 4.69) is 32.0 Å². The van der Waals surface area contributed by atoms with Gasteiger partial charge in [0.05, 0.1) is 5.52 Å². The van der Waals surface area contributed by atoms with Gasteiger partial charge >= 0.3 is 11.8 Å². The number of anilines is 2. The summed E-state index contributed by atoms with van der Waals surface area (Å²) in [5, 5.41) is 6.55. The fourth-order valence-electron chi connectivity index (χ4n) is 3.32. The van der Waals surface area contributed by atoms with Gasteiger partial charge in [0.2, 0.25) is 0 Å². The van der Waals surface area contributed by atoms with E-state index in [9.17, 15) is 14.4 Å². The first-order chi connectivity index (χ1) is 16.2. The fraction of sp³-hybridized carbons (Fsp3) is 0.0800. The van der Waals surface area contributed by atoms with Crippen molar-refractivity contribution in [3.63, 3.8) is 0 Å². The molecule has 0 atom stereocenters. The Morgan fingerprint density at radius 1 is 0.824 bits per heavy atom. The molecule has 9 heteroatoms. The highest BCUT2D eigenvalue weighted by molar-refractivity contribution is 9.10. The van der Waals surface area contributed by atoms with Crippen molar-refractivity contribution in [2.24, 2.45) is 0 Å². The molecular formula is C25H20BrClN4O3. The van der Waals surface area contributed by atoms with E-state index in [-0.39, 0.29) is 5.69 Å². The Labute approximate surface area is 209 Å². The number of hydrogen-bond acceptors (Lipinski definition) is 3. The van der Waals surface area contributed by atoms with Crippen molar-refractivity contribution < 1.29 is 14.4 Å². The van der Waals surface area contributed by atoms with Gasteiger partial charge in [0.25, 0.3) is 5.91 Å². The molecule has 0 aliphatic heterocycles. The molecule has 0 aliphatic carbocycles. The monoisotopic (exact) mass is 538 g/mol. The van der Waals surface area contributed by atoms with Crippen LogP contribution in [0.25, 0.3) is 10.9 Å². The van der Waals surface area contributed by atoms with Crippen molar-refractivity contribution in [1.82, 2.24) is 4.68 Å². The number of aryl methyl sites for hydroxylation is 2. The van der Waals surface area contributed by atoms with E-state index < -0.39 is 17.7 Å². The Bertz CT molecular complexity index is 1430. The van der Waals surface area contributed by atoms with Crippen molar-refractivity contribution in [3.05, 3.63) is 93.0 Å². The first kappa shape index (κ1) is 23.5. The molecule has 0 saturated carbocycles. The average Bonchev–Trinajstić information content (AvgIpc) is 3.15. The molecule has 1 aromatic heterocycles. The van der Waals surface area contributed by atoms with Crippen molar-refractivity contribution in [2.45, 2.75) is 13.8 Å². The minimum Gasteiger partial charge on any atom is -0.321 e. The lowest BCUT2D eigenvalue weighted by Gasteiger charge is -2.13. The van der Waals surface area contributed by atoms with Gasteiger partial charge in [-0.2, -0.15) is 0 Å². The maximum absolute atomic E-state index is 13.1. The van der Waals surface area contributed by atoms with Crippen LogP contribution in [-0.2, 0) is 9.59 Å². The summed E-state index contributed by atoms with van der Waals surface area (Å²) in [5.74, 6) is -2.26. The number of halogens is 2. The first-order valence-corrected chi connectivity index (χ1v) is 11.5. The molecule has 3 aromatic carbocycles. The minimum atomic E-state index is -0.923. The van der Waals surface area contributed by atoms with E-state index >= 15 is 0 Å². The number of amides is 3. The summed E-state index contributed by atoms with van der Waals surface area (Å²) in [6, 6.07) is 19.2. The number of rotatable bonds is 4. The van der Waals surface area contributed by atoms with Crippen LogP contribution in [0, 0.1) is 13.8 Å². The molecule has 0 aliphatic rings. The molecule has 4 aromatic rings. The molecule has 3 amide bonds. The van der Waals surface area contributed by atoms with Gasteiger partial charge in [-0.1, -0.05) is 51.3 Å². The van der Waals surface area contributed by atoms with Gasteiger partial charge in [0.15, 0.2) is 0 Å². The molecule has 3 N–H and O–H groups in total. The van der Waals surface area contributed by atoms with E-state index in [0.29, 0.717) is 27.3 Å². The summed E-state index contributed by atoms with van der Waals surface area (Å²) in [6.07, 6.45) is 0. The van der Waals surface area contributed by atoms with Gasteiger partial charge in [-0.3, -0.25) is 19.8 Å². The fourth-order valence-corrected chi connectivity index (χ4v) is 3.88. The van der Waals surface area contributed by atoms with Crippen LogP contribution in [0.5, 0.6) is 0 Å². The third-order valence-electron chi connectivity index (χ3n) is 5.15. The predicted molar refractivity (Wildman–Crippen MR) is 138 cm³/mol. The Balaban J connectivity index is 1.62. The highest BCUT2D eigenvalue weighted by atomic mass is 79.9. The second-order valence-corrected chi connectivity index (χ2v) is 9.07. The van der Waals surface area contributed by atoms with Crippen molar-refractivity contribution in [3.8, 4) is 0 Å². The molecule has 0 fully saturated rings. The lowest BCUT2D eigenvalue weighted by molar-refractivity contribution is -0.133. The summed E-state index contributed by atoms with van der Waals surface area (Å²) >= 11 is 9.58. The lowest BCUT2D eigenvalue weighted by atomic mass is 10.2. The number of nitrogens with zero attached hydrogens (tertiary/aromatic N) is 1. The van der Waals surface area contributed by atoms with Crippen LogP contribution >= 0.6 is 27.5 Å². The average molecular weight is 540 g/mol. The summed E-state index contributed by atoms with van der Waals surface area (Å²) in [7, 11) is 0. The number of benzene rings is 3. The van der Waals surface area contributed by atoms with Crippen molar-refractivity contribution in [1.29, 1.82) is 0 Å². The Kier molecular flexibility index (Phi) is 6.72. The number of nitrogens with one attached hydrogen (secondary N) is 3. The zero-order valence-electron chi connectivity index (χ0n) is 18.3. The summed E-state index contributed by atoms with van der Waals surface area (Å²) in [6.45, 7) is 3.78. The number of hydrogen-bond donors (Lipinski definition) is 3. The molecule has 0 radical (unpaired) electrons. The van der Waals surface area contributed by atoms with Crippen LogP contribution in [0.15, 0.2) is 71.2 Å². The quantitative estimate of drug-likeness (QED) is 0.293. The number of fused-ring (bicyclic) bond motifs is 1. The molecule has 0 unspecified atom stereocenters. The molecule has 7 nitrogen and oxygen atoms in total. The minimum absolute atomic E-state index is 0.140. The zero-order chi connectivity index (χ0) is 24.4. The van der Waals surface area contributed by atoms with E-state index in [1.54, 1.807) is 48.5 Å². The van der Waals surface area contributed by atoms with Gasteiger partial charge in [-0.25, -0.2) is 4.68 Å². The number of carbonyl (C=O) groups is 3. The van der Waals surface area contributed by atoms with Crippen LogP contribution in [0.2, 0.25) is 5.02 Å². The van der Waals surface area contributed by atoms with E-state index in [4.69, 9.17) is 11.6 Å². The Morgan fingerprint density at radius 3 is 2.24 bits per heavy atom. The highest BCUT2D eigenvalue weighted by Gasteiger charge is 2.21. The normalized spacial score (nSPS) is 10.7. The second-order valence-electron chi connectivity index (χ2n) is 7.75. The molecule has 4 rings (SSSR count). The van der Waals surface area contributed by atoms with Crippen molar-refractivity contribution in [2.75, 3.05) is 16.1 Å². The van der Waals surface area contributed by atoms with Gasteiger partial charge < -0.3 is 10.6 Å². The second kappa shape index (κ2) is 9.70. The van der Waals surface area contributed by atoms with Crippen LogP contribution < -0.4 is 16.1 Å². The maximum atomic E-state index is 13.1. The number of carbonyl (C=O) groups excluding carboxylic acids is 3. The highest BCUT2D eigenvalue weighted by Crippen LogP contribution is 2.25. The van der Waals surface area contributed by atoms with Gasteiger partial charge in [-0.05, 0) is 67.9 Å². The topological polar surface area (TPSA) is 92.2 Å². The van der Waals surface area contributed by atoms with E-state index in [1.165, 1.54) is 4.68 Å². The molecule has 1 heterocycles. The summed E-state index contributed by atoms with van der Waals surface area (Å²) in [4.78, 5) is 38.3. The maximum Gasteiger partial charge on any atom is 0.328 e. The van der Waals surface area contributed by atoms with Crippen LogP contribution in [0.1, 0.15) is 21.6 Å². The third-order valence-corrected chi connectivity index (χ3v) is 6.06. The first-order valence-electron chi connectivity index (χ1n) is 10.3. The Hall–Kier alpha value is -3.62. The predicted octanol–water partition coefficient (Wildman–Crippen LogP) is 5.64.